The van der Waals surface area contributed by atoms with E-state index in [1.54, 1.807) is 0 Å². The Morgan fingerprint density at radius 1 is 1.14 bits per heavy atom. The van der Waals surface area contributed by atoms with Gasteiger partial charge in [0.1, 0.15) is 0 Å². The van der Waals surface area contributed by atoms with E-state index in [1.807, 2.05) is 12.2 Å². The van der Waals surface area contributed by atoms with Crippen LogP contribution in [0.25, 0.3) is 0 Å². The van der Waals surface area contributed by atoms with Gasteiger partial charge in [-0.25, -0.2) is 0 Å². The summed E-state index contributed by atoms with van der Waals surface area (Å²) in [6, 6.07) is 0. The lowest BCUT2D eigenvalue weighted by atomic mass is 9.48. The maximum atomic E-state index is 6.06. The Morgan fingerprint density at radius 2 is 1.86 bits per heavy atom. The quantitative estimate of drug-likeness (QED) is 0.329. The second kappa shape index (κ2) is 9.12. The van der Waals surface area contributed by atoms with E-state index in [0.717, 1.165) is 36.0 Å². The molecule has 4 aliphatic rings. The Labute approximate surface area is 180 Å². The predicted molar refractivity (Wildman–Crippen MR) is 127 cm³/mol. The van der Waals surface area contributed by atoms with Crippen LogP contribution in [-0.4, -0.2) is 0 Å². The van der Waals surface area contributed by atoms with Gasteiger partial charge in [0, 0.05) is 5.92 Å². The zero-order chi connectivity index (χ0) is 21.2. The van der Waals surface area contributed by atoms with Gasteiger partial charge in [-0.05, 0) is 91.4 Å². The fraction of sp³-hybridized carbons (Fsp3) is 0.655. The Hall–Kier alpha value is -1.48. The van der Waals surface area contributed by atoms with E-state index >= 15 is 0 Å². The molecule has 0 spiro atoms. The van der Waals surface area contributed by atoms with Gasteiger partial charge < -0.3 is 0 Å². The molecule has 0 saturated heterocycles. The van der Waals surface area contributed by atoms with Crippen molar-refractivity contribution in [1.82, 2.24) is 0 Å². The van der Waals surface area contributed by atoms with Gasteiger partial charge in [0.25, 0.3) is 0 Å². The summed E-state index contributed by atoms with van der Waals surface area (Å²) in [5.41, 5.74) is 3.36. The maximum absolute atomic E-state index is 6.06. The fourth-order valence-electron chi connectivity index (χ4n) is 7.72. The van der Waals surface area contributed by atoms with Gasteiger partial charge in [-0.2, -0.15) is 0 Å². The first-order valence-corrected chi connectivity index (χ1v) is 12.1. The van der Waals surface area contributed by atoms with Gasteiger partial charge in [-0.15, -0.1) is 18.9 Å². The van der Waals surface area contributed by atoms with E-state index < -0.39 is 0 Å². The molecule has 0 bridgehead atoms. The maximum Gasteiger partial charge on any atom is 0.0290 e. The first-order valence-electron chi connectivity index (χ1n) is 12.1. The number of hydrogen-bond donors (Lipinski definition) is 0. The molecule has 0 aromatic heterocycles. The molecule has 0 nitrogen and oxygen atoms in total. The zero-order valence-electron chi connectivity index (χ0n) is 19.1. The van der Waals surface area contributed by atoms with Crippen LogP contribution in [0.3, 0.4) is 0 Å². The third-order valence-corrected chi connectivity index (χ3v) is 8.85. The van der Waals surface area contributed by atoms with Crippen LogP contribution in [0.5, 0.6) is 0 Å². The molecule has 0 aromatic carbocycles. The molecular weight excluding hydrogens is 348 g/mol. The monoisotopic (exact) mass is 390 g/mol. The first-order chi connectivity index (χ1) is 14.0. The molecule has 4 aliphatic carbocycles. The summed E-state index contributed by atoms with van der Waals surface area (Å²) in [7, 11) is 0. The van der Waals surface area contributed by atoms with E-state index in [2.05, 4.69) is 52.5 Å². The van der Waals surface area contributed by atoms with E-state index in [4.69, 9.17) is 6.42 Å². The normalized spacial score (nSPS) is 43.2. The Balaban J connectivity index is 0.000000552. The predicted octanol–water partition coefficient (Wildman–Crippen LogP) is 8.00. The highest BCUT2D eigenvalue weighted by Crippen LogP contribution is 2.75. The van der Waals surface area contributed by atoms with Crippen LogP contribution < -0.4 is 0 Å². The number of allylic oxidation sites excluding steroid dienone is 5. The third kappa shape index (κ3) is 3.60. The minimum atomic E-state index is 0.445. The van der Waals surface area contributed by atoms with Gasteiger partial charge in [0.15, 0.2) is 0 Å². The molecule has 0 radical (unpaired) electrons. The largest absolute Gasteiger partial charge is 0.120 e. The topological polar surface area (TPSA) is 0 Å². The van der Waals surface area contributed by atoms with Crippen molar-refractivity contribution in [3.63, 3.8) is 0 Å². The van der Waals surface area contributed by atoms with E-state index in [0.29, 0.717) is 17.3 Å². The highest BCUT2D eigenvalue weighted by Gasteiger charge is 2.69. The highest BCUT2D eigenvalue weighted by molar-refractivity contribution is 5.38. The van der Waals surface area contributed by atoms with Crippen LogP contribution in [0, 0.1) is 59.2 Å². The van der Waals surface area contributed by atoms with Crippen LogP contribution in [0.4, 0.5) is 0 Å². The zero-order valence-corrected chi connectivity index (χ0v) is 19.1. The smallest absolute Gasteiger partial charge is 0.0290 e. The Kier molecular flexibility index (Phi) is 6.98. The molecule has 29 heavy (non-hydrogen) atoms. The van der Waals surface area contributed by atoms with E-state index in [9.17, 15) is 0 Å². The summed E-state index contributed by atoms with van der Waals surface area (Å²) in [4.78, 5) is 0. The standard InChI is InChI=1S/C25H34.C4H8/c1-6-10-17-16(5)14-21-19(18(17)11-7-2)12-13-25(9-4)23(8-3)20-15-22(20)24(21)25;1-3-4-2/h3,6,10,18-24H,1,5,7,9,11-15H2,2,4H3;3H,1,4H2,2H3/b17-10-;. The highest BCUT2D eigenvalue weighted by atomic mass is 14.7. The van der Waals surface area contributed by atoms with Crippen LogP contribution >= 0.6 is 0 Å². The van der Waals surface area contributed by atoms with Gasteiger partial charge >= 0.3 is 0 Å². The summed E-state index contributed by atoms with van der Waals surface area (Å²) in [5, 5.41) is 0. The van der Waals surface area contributed by atoms with Crippen molar-refractivity contribution >= 4 is 0 Å². The minimum Gasteiger partial charge on any atom is -0.120 e. The number of rotatable bonds is 5. The molecule has 158 valence electrons. The van der Waals surface area contributed by atoms with Crippen LogP contribution in [-0.2, 0) is 0 Å². The molecule has 4 rings (SSSR count). The van der Waals surface area contributed by atoms with Crippen molar-refractivity contribution in [1.29, 1.82) is 0 Å². The minimum absolute atomic E-state index is 0.445. The molecule has 4 fully saturated rings. The molecule has 0 heterocycles. The summed E-state index contributed by atoms with van der Waals surface area (Å²) in [5.74, 6) is 8.83. The fourth-order valence-corrected chi connectivity index (χ4v) is 7.72. The molecular formula is C29H42. The lowest BCUT2D eigenvalue weighted by molar-refractivity contribution is -0.0347. The van der Waals surface area contributed by atoms with Gasteiger partial charge in [0.05, 0.1) is 0 Å². The lowest BCUT2D eigenvalue weighted by Gasteiger charge is -2.55. The van der Waals surface area contributed by atoms with Crippen LogP contribution in [0.15, 0.2) is 49.1 Å². The molecule has 8 unspecified atom stereocenters. The van der Waals surface area contributed by atoms with Crippen molar-refractivity contribution in [2.45, 2.75) is 72.1 Å². The summed E-state index contributed by atoms with van der Waals surface area (Å²) < 4.78 is 0. The second-order valence-corrected chi connectivity index (χ2v) is 9.94. The molecule has 8 atom stereocenters. The van der Waals surface area contributed by atoms with E-state index in [1.165, 1.54) is 56.1 Å². The molecule has 0 aromatic rings. The van der Waals surface area contributed by atoms with Crippen LogP contribution in [0.1, 0.15) is 72.1 Å². The molecule has 0 N–H and O–H groups in total. The number of terminal acetylenes is 1. The number of hydrogen-bond acceptors (Lipinski definition) is 0. The summed E-state index contributed by atoms with van der Waals surface area (Å²) >= 11 is 0. The van der Waals surface area contributed by atoms with Crippen molar-refractivity contribution < 1.29 is 0 Å². The third-order valence-electron chi connectivity index (χ3n) is 8.85. The van der Waals surface area contributed by atoms with Crippen molar-refractivity contribution in [2.75, 3.05) is 0 Å². The molecule has 0 aliphatic heterocycles. The summed E-state index contributed by atoms with van der Waals surface area (Å²) in [6.45, 7) is 18.8. The average Bonchev–Trinajstić information content (AvgIpc) is 3.45. The van der Waals surface area contributed by atoms with Gasteiger partial charge in [0.2, 0.25) is 0 Å². The van der Waals surface area contributed by atoms with Crippen LogP contribution in [0.2, 0.25) is 0 Å². The van der Waals surface area contributed by atoms with Crippen molar-refractivity contribution in [3.05, 3.63) is 49.1 Å². The average molecular weight is 391 g/mol. The molecule has 0 heteroatoms. The van der Waals surface area contributed by atoms with Crippen molar-refractivity contribution in [3.8, 4) is 12.3 Å². The SMILES string of the molecule is C#CC1C2CC2C2C3CC(=C)/C(=C/C=C)C(CCC)C3CCC12CC.C=CCC. The Bertz CT molecular complexity index is 700. The van der Waals surface area contributed by atoms with E-state index in [-0.39, 0.29) is 0 Å². The Morgan fingerprint density at radius 3 is 2.41 bits per heavy atom. The lowest BCUT2D eigenvalue weighted by Crippen LogP contribution is -2.48. The molecule has 4 saturated carbocycles. The summed E-state index contributed by atoms with van der Waals surface area (Å²) in [6.07, 6.45) is 22.5. The number of fused-ring (bicyclic) bond motifs is 5. The molecule has 0 amide bonds. The first kappa shape index (κ1) is 22.2. The van der Waals surface area contributed by atoms with Crippen molar-refractivity contribution in [2.24, 2.45) is 46.8 Å². The van der Waals surface area contributed by atoms with Gasteiger partial charge in [-0.3, -0.25) is 0 Å². The second-order valence-electron chi connectivity index (χ2n) is 9.94. The van der Waals surface area contributed by atoms with Gasteiger partial charge in [-0.1, -0.05) is 64.2 Å².